The molecule has 3 N–H and O–H groups in total. The van der Waals surface area contributed by atoms with Crippen LogP contribution in [0, 0.1) is 0 Å². The van der Waals surface area contributed by atoms with Crippen LogP contribution >= 0.6 is 0 Å². The second-order valence-corrected chi connectivity index (χ2v) is 3.60. The third kappa shape index (κ3) is 4.23. The SMILES string of the molecule is COc1cccc(NC(=O)N(CCO)CCO)c1. The molecule has 0 saturated carbocycles. The van der Waals surface area contributed by atoms with Crippen LogP contribution in [0.3, 0.4) is 0 Å². The maximum atomic E-state index is 11.8. The predicted molar refractivity (Wildman–Crippen MR) is 67.8 cm³/mol. The van der Waals surface area contributed by atoms with Crippen molar-refractivity contribution >= 4 is 11.7 Å². The average molecular weight is 254 g/mol. The molecule has 100 valence electrons. The lowest BCUT2D eigenvalue weighted by Gasteiger charge is -2.21. The van der Waals surface area contributed by atoms with Gasteiger partial charge in [-0.1, -0.05) is 6.07 Å². The van der Waals surface area contributed by atoms with Crippen LogP contribution in [0.2, 0.25) is 0 Å². The van der Waals surface area contributed by atoms with Gasteiger partial charge in [0.1, 0.15) is 5.75 Å². The van der Waals surface area contributed by atoms with Crippen LogP contribution < -0.4 is 10.1 Å². The molecular formula is C12H18N2O4. The highest BCUT2D eigenvalue weighted by molar-refractivity contribution is 5.89. The molecule has 0 unspecified atom stereocenters. The van der Waals surface area contributed by atoms with Gasteiger partial charge in [-0.2, -0.15) is 0 Å². The van der Waals surface area contributed by atoms with E-state index in [4.69, 9.17) is 14.9 Å². The molecule has 0 heterocycles. The molecule has 0 fully saturated rings. The topological polar surface area (TPSA) is 82.0 Å². The summed E-state index contributed by atoms with van der Waals surface area (Å²) in [6, 6.07) is 6.59. The Balaban J connectivity index is 2.66. The first kappa shape index (κ1) is 14.3. The van der Waals surface area contributed by atoms with Crippen molar-refractivity contribution in [2.24, 2.45) is 0 Å². The Morgan fingerprint density at radius 1 is 1.33 bits per heavy atom. The van der Waals surface area contributed by atoms with Gasteiger partial charge in [0.25, 0.3) is 0 Å². The van der Waals surface area contributed by atoms with Crippen molar-refractivity contribution in [2.45, 2.75) is 0 Å². The first-order chi connectivity index (χ1) is 8.71. The number of hydrogen-bond donors (Lipinski definition) is 3. The first-order valence-electron chi connectivity index (χ1n) is 5.63. The van der Waals surface area contributed by atoms with Gasteiger partial charge in [0.05, 0.1) is 20.3 Å². The minimum atomic E-state index is -0.369. The minimum absolute atomic E-state index is 0.147. The van der Waals surface area contributed by atoms with Crippen LogP contribution in [-0.2, 0) is 0 Å². The summed E-state index contributed by atoms with van der Waals surface area (Å²) in [7, 11) is 1.55. The van der Waals surface area contributed by atoms with Crippen LogP contribution in [0.1, 0.15) is 0 Å². The molecule has 0 aliphatic rings. The van der Waals surface area contributed by atoms with Gasteiger partial charge < -0.3 is 25.2 Å². The van der Waals surface area contributed by atoms with Gasteiger partial charge in [0, 0.05) is 24.8 Å². The third-order valence-corrected chi connectivity index (χ3v) is 2.35. The number of urea groups is 1. The summed E-state index contributed by atoms with van der Waals surface area (Å²) in [6.07, 6.45) is 0. The minimum Gasteiger partial charge on any atom is -0.497 e. The molecule has 0 spiro atoms. The molecule has 2 amide bonds. The summed E-state index contributed by atoms with van der Waals surface area (Å²) in [6.45, 7) is 0.0593. The van der Waals surface area contributed by atoms with Crippen LogP contribution in [0.15, 0.2) is 24.3 Å². The molecule has 6 nitrogen and oxygen atoms in total. The number of methoxy groups -OCH3 is 1. The third-order valence-electron chi connectivity index (χ3n) is 2.35. The van der Waals surface area contributed by atoms with Crippen molar-refractivity contribution in [1.82, 2.24) is 4.90 Å². The lowest BCUT2D eigenvalue weighted by Crippen LogP contribution is -2.38. The highest BCUT2D eigenvalue weighted by Crippen LogP contribution is 2.16. The van der Waals surface area contributed by atoms with E-state index in [1.807, 2.05) is 0 Å². The van der Waals surface area contributed by atoms with Crippen LogP contribution in [0.5, 0.6) is 5.75 Å². The van der Waals surface area contributed by atoms with Crippen molar-refractivity contribution in [2.75, 3.05) is 38.7 Å². The Hall–Kier alpha value is -1.79. The first-order valence-corrected chi connectivity index (χ1v) is 5.63. The van der Waals surface area contributed by atoms with Crippen molar-refractivity contribution in [3.8, 4) is 5.75 Å². The van der Waals surface area contributed by atoms with Gasteiger partial charge in [-0.3, -0.25) is 0 Å². The molecule has 0 radical (unpaired) electrons. The van der Waals surface area contributed by atoms with Crippen molar-refractivity contribution in [3.63, 3.8) is 0 Å². The fourth-order valence-electron chi connectivity index (χ4n) is 1.46. The largest absolute Gasteiger partial charge is 0.497 e. The monoisotopic (exact) mass is 254 g/mol. The van der Waals surface area contributed by atoms with E-state index in [9.17, 15) is 4.79 Å². The van der Waals surface area contributed by atoms with Gasteiger partial charge >= 0.3 is 6.03 Å². The van der Waals surface area contributed by atoms with Crippen molar-refractivity contribution < 1.29 is 19.7 Å². The molecule has 0 saturated heterocycles. The molecule has 0 atom stereocenters. The van der Waals surface area contributed by atoms with Gasteiger partial charge in [-0.05, 0) is 12.1 Å². The zero-order chi connectivity index (χ0) is 13.4. The molecule has 6 heteroatoms. The number of aliphatic hydroxyl groups excluding tert-OH is 2. The van der Waals surface area contributed by atoms with Gasteiger partial charge in [-0.25, -0.2) is 4.79 Å². The van der Waals surface area contributed by atoms with Crippen LogP contribution in [0.25, 0.3) is 0 Å². The zero-order valence-electron chi connectivity index (χ0n) is 10.3. The Morgan fingerprint density at radius 2 is 2.00 bits per heavy atom. The summed E-state index contributed by atoms with van der Waals surface area (Å²) in [5.74, 6) is 0.642. The molecule has 0 aliphatic heterocycles. The standard InChI is InChI=1S/C12H18N2O4/c1-18-11-4-2-3-10(9-11)13-12(17)14(5-7-15)6-8-16/h2-4,9,15-16H,5-8H2,1H3,(H,13,17). The fourth-order valence-corrected chi connectivity index (χ4v) is 1.46. The highest BCUT2D eigenvalue weighted by Gasteiger charge is 2.12. The van der Waals surface area contributed by atoms with Crippen molar-refractivity contribution in [3.05, 3.63) is 24.3 Å². The normalized spacial score (nSPS) is 9.94. The molecule has 18 heavy (non-hydrogen) atoms. The molecule has 1 aromatic carbocycles. The maximum absolute atomic E-state index is 11.8. The number of aliphatic hydroxyl groups is 2. The van der Waals surface area contributed by atoms with Crippen LogP contribution in [-0.4, -0.2) is 54.6 Å². The van der Waals surface area contributed by atoms with E-state index in [1.165, 1.54) is 4.90 Å². The van der Waals surface area contributed by atoms with E-state index in [2.05, 4.69) is 5.32 Å². The second kappa shape index (κ2) is 7.52. The number of carbonyl (C=O) groups is 1. The summed E-state index contributed by atoms with van der Waals surface area (Å²) in [5, 5.41) is 20.3. The summed E-state index contributed by atoms with van der Waals surface area (Å²) < 4.78 is 5.05. The zero-order valence-corrected chi connectivity index (χ0v) is 10.3. The predicted octanol–water partition coefficient (Wildman–Crippen LogP) is 0.514. The molecule has 0 aromatic heterocycles. The number of ether oxygens (including phenoxy) is 1. The van der Waals surface area contributed by atoms with E-state index in [0.29, 0.717) is 11.4 Å². The van der Waals surface area contributed by atoms with Gasteiger partial charge in [-0.15, -0.1) is 0 Å². The van der Waals surface area contributed by atoms with E-state index in [1.54, 1.807) is 31.4 Å². The number of benzene rings is 1. The molecule has 0 bridgehead atoms. The number of amides is 2. The number of anilines is 1. The maximum Gasteiger partial charge on any atom is 0.322 e. The number of hydrogen-bond acceptors (Lipinski definition) is 4. The molecule has 1 rings (SSSR count). The summed E-state index contributed by atoms with van der Waals surface area (Å²) in [5.41, 5.74) is 0.597. The Morgan fingerprint density at radius 3 is 2.56 bits per heavy atom. The smallest absolute Gasteiger partial charge is 0.322 e. The highest BCUT2D eigenvalue weighted by atomic mass is 16.5. The van der Waals surface area contributed by atoms with Gasteiger partial charge in [0.15, 0.2) is 0 Å². The quantitative estimate of drug-likeness (QED) is 0.691. The average Bonchev–Trinajstić information content (AvgIpc) is 2.38. The van der Waals surface area contributed by atoms with E-state index < -0.39 is 0 Å². The van der Waals surface area contributed by atoms with E-state index >= 15 is 0 Å². The lowest BCUT2D eigenvalue weighted by molar-refractivity contribution is 0.167. The Bertz CT molecular complexity index is 378. The van der Waals surface area contributed by atoms with E-state index in [0.717, 1.165) is 0 Å². The number of nitrogens with one attached hydrogen (secondary N) is 1. The fraction of sp³-hybridized carbons (Fsp3) is 0.417. The summed E-state index contributed by atoms with van der Waals surface area (Å²) >= 11 is 0. The van der Waals surface area contributed by atoms with Gasteiger partial charge in [0.2, 0.25) is 0 Å². The molecule has 1 aromatic rings. The molecule has 0 aliphatic carbocycles. The Labute approximate surface area is 106 Å². The second-order valence-electron chi connectivity index (χ2n) is 3.60. The lowest BCUT2D eigenvalue weighted by atomic mass is 10.3. The number of carbonyl (C=O) groups excluding carboxylic acids is 1. The number of nitrogens with zero attached hydrogens (tertiary/aromatic N) is 1. The molecular weight excluding hydrogens is 236 g/mol. The summed E-state index contributed by atoms with van der Waals surface area (Å²) in [4.78, 5) is 13.2. The Kier molecular flexibility index (Phi) is 5.96. The van der Waals surface area contributed by atoms with Crippen molar-refractivity contribution in [1.29, 1.82) is 0 Å². The van der Waals surface area contributed by atoms with E-state index in [-0.39, 0.29) is 32.3 Å². The van der Waals surface area contributed by atoms with Crippen LogP contribution in [0.4, 0.5) is 10.5 Å². The number of rotatable bonds is 6.